The predicted molar refractivity (Wildman–Crippen MR) is 67.8 cm³/mol. The van der Waals surface area contributed by atoms with E-state index in [-0.39, 0.29) is 0 Å². The van der Waals surface area contributed by atoms with Gasteiger partial charge in [-0.25, -0.2) is 0 Å². The van der Waals surface area contributed by atoms with E-state index in [9.17, 15) is 0 Å². The van der Waals surface area contributed by atoms with Crippen molar-refractivity contribution in [3.05, 3.63) is 60.0 Å². The summed E-state index contributed by atoms with van der Waals surface area (Å²) in [5.74, 6) is 0. The quantitative estimate of drug-likeness (QED) is 0.668. The molecule has 0 aliphatic rings. The number of rotatable bonds is 2. The van der Waals surface area contributed by atoms with Crippen molar-refractivity contribution in [3.63, 3.8) is 0 Å². The lowest BCUT2D eigenvalue weighted by molar-refractivity contribution is 0.711. The van der Waals surface area contributed by atoms with Crippen LogP contribution in [0, 0.1) is 6.92 Å². The van der Waals surface area contributed by atoms with Crippen molar-refractivity contribution >= 4 is 10.9 Å². The minimum Gasteiger partial charge on any atom is -0.265 e. The lowest BCUT2D eigenvalue weighted by atomic mass is 10.2. The van der Waals surface area contributed by atoms with Crippen LogP contribution in [0.25, 0.3) is 10.9 Å². The second kappa shape index (κ2) is 4.01. The molecular weight excluding hydrogens is 210 g/mol. The van der Waals surface area contributed by atoms with Crippen LogP contribution in [0.15, 0.2) is 48.9 Å². The number of hydrogen-bond donors (Lipinski definition) is 0. The molecule has 0 bridgehead atoms. The average molecular weight is 223 g/mol. The molecule has 3 rings (SSSR count). The molecule has 2 heterocycles. The summed E-state index contributed by atoms with van der Waals surface area (Å²) in [5.41, 5.74) is 3.65. The Labute approximate surface area is 99.7 Å². The monoisotopic (exact) mass is 223 g/mol. The van der Waals surface area contributed by atoms with E-state index < -0.39 is 0 Å². The highest BCUT2D eigenvalue weighted by atomic mass is 15.3. The second-order valence-electron chi connectivity index (χ2n) is 4.22. The van der Waals surface area contributed by atoms with Crippen molar-refractivity contribution in [2.45, 2.75) is 13.5 Å². The zero-order valence-electron chi connectivity index (χ0n) is 9.67. The van der Waals surface area contributed by atoms with Gasteiger partial charge in [-0.3, -0.25) is 9.67 Å². The maximum atomic E-state index is 4.43. The van der Waals surface area contributed by atoms with Crippen LogP contribution < -0.4 is 0 Å². The lowest BCUT2D eigenvalue weighted by Crippen LogP contribution is -2.01. The van der Waals surface area contributed by atoms with Crippen LogP contribution in [-0.2, 0) is 6.54 Å². The van der Waals surface area contributed by atoms with Gasteiger partial charge in [0.2, 0.25) is 0 Å². The lowest BCUT2D eigenvalue weighted by Gasteiger charge is -2.03. The van der Waals surface area contributed by atoms with Crippen molar-refractivity contribution in [2.75, 3.05) is 0 Å². The minimum absolute atomic E-state index is 0.787. The molecule has 84 valence electrons. The Balaban J connectivity index is 2.01. The molecule has 0 saturated carbocycles. The summed E-state index contributed by atoms with van der Waals surface area (Å²) in [6, 6.07) is 10.4. The van der Waals surface area contributed by atoms with Gasteiger partial charge in [-0.05, 0) is 36.8 Å². The number of hydrogen-bond acceptors (Lipinski definition) is 2. The summed E-state index contributed by atoms with van der Waals surface area (Å²) in [6.07, 6.45) is 5.54. The Hall–Kier alpha value is -2.16. The van der Waals surface area contributed by atoms with Gasteiger partial charge in [-0.1, -0.05) is 11.6 Å². The predicted octanol–water partition coefficient (Wildman–Crippen LogP) is 2.79. The van der Waals surface area contributed by atoms with Crippen LogP contribution in [0.4, 0.5) is 0 Å². The van der Waals surface area contributed by atoms with Crippen LogP contribution in [0.5, 0.6) is 0 Å². The van der Waals surface area contributed by atoms with E-state index in [1.165, 1.54) is 22.0 Å². The van der Waals surface area contributed by atoms with Gasteiger partial charge in [0.05, 0.1) is 18.3 Å². The standard InChI is InChI=1S/C14H13N3/c1-11-2-3-14-13(8-11)9-16-17(14)10-12-4-6-15-7-5-12/h2-9H,10H2,1H3. The molecule has 0 aliphatic carbocycles. The van der Waals surface area contributed by atoms with Crippen LogP contribution in [0.2, 0.25) is 0 Å². The molecule has 1 aromatic carbocycles. The van der Waals surface area contributed by atoms with Gasteiger partial charge in [-0.2, -0.15) is 5.10 Å². The minimum atomic E-state index is 0.787. The summed E-state index contributed by atoms with van der Waals surface area (Å²) in [7, 11) is 0. The first-order valence-electron chi connectivity index (χ1n) is 5.64. The molecule has 3 aromatic rings. The molecule has 3 heteroatoms. The molecule has 0 fully saturated rings. The highest BCUT2D eigenvalue weighted by Crippen LogP contribution is 2.16. The average Bonchev–Trinajstić information content (AvgIpc) is 2.73. The molecule has 0 spiro atoms. The van der Waals surface area contributed by atoms with Gasteiger partial charge in [0.25, 0.3) is 0 Å². The fourth-order valence-corrected chi connectivity index (χ4v) is 1.99. The summed E-state index contributed by atoms with van der Waals surface area (Å²) in [5, 5.41) is 5.62. The first-order chi connectivity index (χ1) is 8.33. The van der Waals surface area contributed by atoms with E-state index in [1.807, 2.05) is 35.4 Å². The highest BCUT2D eigenvalue weighted by molar-refractivity contribution is 5.79. The van der Waals surface area contributed by atoms with Crippen LogP contribution in [-0.4, -0.2) is 14.8 Å². The zero-order valence-corrected chi connectivity index (χ0v) is 9.67. The smallest absolute Gasteiger partial charge is 0.0686 e. The van der Waals surface area contributed by atoms with Crippen molar-refractivity contribution in [1.29, 1.82) is 0 Å². The third kappa shape index (κ3) is 1.91. The number of fused-ring (bicyclic) bond motifs is 1. The van der Waals surface area contributed by atoms with Crippen LogP contribution in [0.1, 0.15) is 11.1 Å². The molecular formula is C14H13N3. The van der Waals surface area contributed by atoms with Crippen molar-refractivity contribution in [3.8, 4) is 0 Å². The Bertz CT molecular complexity index is 641. The number of aryl methyl sites for hydroxylation is 1. The van der Waals surface area contributed by atoms with Gasteiger partial charge in [0.15, 0.2) is 0 Å². The Morgan fingerprint density at radius 1 is 1.12 bits per heavy atom. The van der Waals surface area contributed by atoms with Crippen molar-refractivity contribution < 1.29 is 0 Å². The highest BCUT2D eigenvalue weighted by Gasteiger charge is 2.02. The first kappa shape index (κ1) is 10.0. The molecule has 3 nitrogen and oxygen atoms in total. The number of benzene rings is 1. The van der Waals surface area contributed by atoms with Gasteiger partial charge in [0.1, 0.15) is 0 Å². The third-order valence-electron chi connectivity index (χ3n) is 2.88. The molecule has 0 saturated heterocycles. The maximum absolute atomic E-state index is 4.43. The number of nitrogens with zero attached hydrogens (tertiary/aromatic N) is 3. The van der Waals surface area contributed by atoms with Gasteiger partial charge < -0.3 is 0 Å². The molecule has 0 amide bonds. The number of pyridine rings is 1. The fourth-order valence-electron chi connectivity index (χ4n) is 1.99. The molecule has 17 heavy (non-hydrogen) atoms. The van der Waals surface area contributed by atoms with Crippen molar-refractivity contribution in [1.82, 2.24) is 14.8 Å². The summed E-state index contributed by atoms with van der Waals surface area (Å²) in [6.45, 7) is 2.88. The second-order valence-corrected chi connectivity index (χ2v) is 4.22. The number of aromatic nitrogens is 3. The van der Waals surface area contributed by atoms with E-state index in [0.29, 0.717) is 0 Å². The molecule has 2 aromatic heterocycles. The Morgan fingerprint density at radius 2 is 1.94 bits per heavy atom. The van der Waals surface area contributed by atoms with E-state index in [2.05, 4.69) is 35.2 Å². The Morgan fingerprint density at radius 3 is 2.76 bits per heavy atom. The van der Waals surface area contributed by atoms with Crippen LogP contribution in [0.3, 0.4) is 0 Å². The Kier molecular flexibility index (Phi) is 2.37. The normalized spacial score (nSPS) is 10.9. The van der Waals surface area contributed by atoms with Gasteiger partial charge >= 0.3 is 0 Å². The SMILES string of the molecule is Cc1ccc2c(cnn2Cc2ccncc2)c1. The van der Waals surface area contributed by atoms with Gasteiger partial charge in [0, 0.05) is 17.8 Å². The molecule has 0 unspecified atom stereocenters. The van der Waals surface area contributed by atoms with Crippen LogP contribution >= 0.6 is 0 Å². The first-order valence-corrected chi connectivity index (χ1v) is 5.64. The summed E-state index contributed by atoms with van der Waals surface area (Å²) >= 11 is 0. The fraction of sp³-hybridized carbons (Fsp3) is 0.143. The van der Waals surface area contributed by atoms with E-state index in [0.717, 1.165) is 6.54 Å². The zero-order chi connectivity index (χ0) is 11.7. The van der Waals surface area contributed by atoms with E-state index >= 15 is 0 Å². The topological polar surface area (TPSA) is 30.7 Å². The summed E-state index contributed by atoms with van der Waals surface area (Å²) < 4.78 is 2.02. The van der Waals surface area contributed by atoms with Crippen molar-refractivity contribution in [2.24, 2.45) is 0 Å². The van der Waals surface area contributed by atoms with Gasteiger partial charge in [-0.15, -0.1) is 0 Å². The van der Waals surface area contributed by atoms with E-state index in [4.69, 9.17) is 0 Å². The summed E-state index contributed by atoms with van der Waals surface area (Å²) in [4.78, 5) is 4.02. The third-order valence-corrected chi connectivity index (χ3v) is 2.88. The molecule has 0 aliphatic heterocycles. The maximum Gasteiger partial charge on any atom is 0.0686 e. The molecule has 0 radical (unpaired) electrons. The largest absolute Gasteiger partial charge is 0.265 e. The van der Waals surface area contributed by atoms with E-state index in [1.54, 1.807) is 0 Å². The molecule has 0 atom stereocenters. The molecule has 0 N–H and O–H groups in total.